The molecule has 0 aliphatic heterocycles. The summed E-state index contributed by atoms with van der Waals surface area (Å²) < 4.78 is 0. The SMILES string of the molecule is CC(C)(C)C1CC1N. The molecule has 1 nitrogen and oxygen atoms in total. The molecule has 0 saturated heterocycles. The van der Waals surface area contributed by atoms with E-state index in [0.29, 0.717) is 11.5 Å². The van der Waals surface area contributed by atoms with Crippen molar-refractivity contribution in [1.82, 2.24) is 0 Å². The van der Waals surface area contributed by atoms with Crippen LogP contribution < -0.4 is 5.73 Å². The Bertz CT molecular complexity index is 91.1. The van der Waals surface area contributed by atoms with E-state index in [-0.39, 0.29) is 0 Å². The first-order valence-electron chi connectivity index (χ1n) is 3.27. The fourth-order valence-corrected chi connectivity index (χ4v) is 1.21. The minimum atomic E-state index is 0.458. The maximum atomic E-state index is 5.65. The van der Waals surface area contributed by atoms with Gasteiger partial charge in [-0.3, -0.25) is 0 Å². The summed E-state index contributed by atoms with van der Waals surface area (Å²) in [4.78, 5) is 0. The molecule has 0 aromatic carbocycles. The Morgan fingerprint density at radius 2 is 1.75 bits per heavy atom. The van der Waals surface area contributed by atoms with E-state index in [4.69, 9.17) is 5.73 Å². The molecule has 2 atom stereocenters. The van der Waals surface area contributed by atoms with E-state index in [2.05, 4.69) is 20.8 Å². The van der Waals surface area contributed by atoms with Crippen LogP contribution in [0, 0.1) is 11.3 Å². The van der Waals surface area contributed by atoms with E-state index in [0.717, 1.165) is 5.92 Å². The monoisotopic (exact) mass is 113 g/mol. The number of rotatable bonds is 0. The molecular weight excluding hydrogens is 98.1 g/mol. The molecule has 2 N–H and O–H groups in total. The van der Waals surface area contributed by atoms with Gasteiger partial charge in [-0.05, 0) is 17.8 Å². The van der Waals surface area contributed by atoms with Crippen molar-refractivity contribution in [2.45, 2.75) is 33.2 Å². The molecule has 0 aromatic heterocycles. The third-order valence-electron chi connectivity index (χ3n) is 1.95. The molecule has 0 radical (unpaired) electrons. The largest absolute Gasteiger partial charge is 0.327 e. The van der Waals surface area contributed by atoms with E-state index in [1.54, 1.807) is 0 Å². The molecule has 1 rings (SSSR count). The van der Waals surface area contributed by atoms with Crippen LogP contribution in [-0.2, 0) is 0 Å². The minimum absolute atomic E-state index is 0.458. The van der Waals surface area contributed by atoms with Crippen molar-refractivity contribution in [2.75, 3.05) is 0 Å². The maximum absolute atomic E-state index is 5.65. The van der Waals surface area contributed by atoms with Gasteiger partial charge in [0.2, 0.25) is 0 Å². The molecule has 1 saturated carbocycles. The lowest BCUT2D eigenvalue weighted by Crippen LogP contribution is -2.14. The Morgan fingerprint density at radius 3 is 1.75 bits per heavy atom. The van der Waals surface area contributed by atoms with E-state index < -0.39 is 0 Å². The second-order valence-electron chi connectivity index (χ2n) is 3.87. The van der Waals surface area contributed by atoms with Gasteiger partial charge in [0.15, 0.2) is 0 Å². The molecule has 48 valence electrons. The number of hydrogen-bond donors (Lipinski definition) is 1. The van der Waals surface area contributed by atoms with Crippen molar-refractivity contribution < 1.29 is 0 Å². The number of nitrogens with two attached hydrogens (primary N) is 1. The molecule has 0 bridgehead atoms. The zero-order chi connectivity index (χ0) is 6.36. The van der Waals surface area contributed by atoms with Gasteiger partial charge < -0.3 is 5.73 Å². The second-order valence-corrected chi connectivity index (χ2v) is 3.87. The molecule has 0 aromatic rings. The average Bonchev–Trinajstić information content (AvgIpc) is 2.13. The number of hydrogen-bond acceptors (Lipinski definition) is 1. The molecule has 1 aliphatic rings. The Labute approximate surface area is 51.3 Å². The van der Waals surface area contributed by atoms with Crippen LogP contribution in [0.25, 0.3) is 0 Å². The summed E-state index contributed by atoms with van der Waals surface area (Å²) in [5.74, 6) is 0.794. The van der Waals surface area contributed by atoms with Gasteiger partial charge in [-0.1, -0.05) is 20.8 Å². The lowest BCUT2D eigenvalue weighted by atomic mass is 9.90. The van der Waals surface area contributed by atoms with Gasteiger partial charge in [0.25, 0.3) is 0 Å². The standard InChI is InChI=1S/C7H15N/c1-7(2,3)5-4-6(5)8/h5-6H,4,8H2,1-3H3. The highest BCUT2D eigenvalue weighted by Crippen LogP contribution is 2.43. The molecule has 1 heteroatoms. The highest BCUT2D eigenvalue weighted by atomic mass is 14.8. The predicted octanol–water partition coefficient (Wildman–Crippen LogP) is 1.38. The molecule has 1 aliphatic carbocycles. The Kier molecular flexibility index (Phi) is 1.12. The lowest BCUT2D eigenvalue weighted by Gasteiger charge is -2.16. The lowest BCUT2D eigenvalue weighted by molar-refractivity contribution is 0.343. The first kappa shape index (κ1) is 6.09. The summed E-state index contributed by atoms with van der Waals surface area (Å²) in [5.41, 5.74) is 6.11. The molecule has 1 fully saturated rings. The molecule has 8 heavy (non-hydrogen) atoms. The van der Waals surface area contributed by atoms with Crippen LogP contribution in [-0.4, -0.2) is 6.04 Å². The molecule has 0 spiro atoms. The van der Waals surface area contributed by atoms with Crippen LogP contribution >= 0.6 is 0 Å². The van der Waals surface area contributed by atoms with E-state index in [1.165, 1.54) is 6.42 Å². The van der Waals surface area contributed by atoms with Crippen LogP contribution in [0.2, 0.25) is 0 Å². The first-order chi connectivity index (χ1) is 3.52. The van der Waals surface area contributed by atoms with Crippen molar-refractivity contribution >= 4 is 0 Å². The summed E-state index contributed by atoms with van der Waals surface area (Å²) in [6, 6.07) is 0.509. The molecule has 0 heterocycles. The third kappa shape index (κ3) is 1.03. The van der Waals surface area contributed by atoms with Crippen LogP contribution in [0.1, 0.15) is 27.2 Å². The molecule has 0 amide bonds. The summed E-state index contributed by atoms with van der Waals surface area (Å²) in [7, 11) is 0. The summed E-state index contributed by atoms with van der Waals surface area (Å²) in [6.07, 6.45) is 1.24. The van der Waals surface area contributed by atoms with Gasteiger partial charge >= 0.3 is 0 Å². The van der Waals surface area contributed by atoms with Gasteiger partial charge in [-0.15, -0.1) is 0 Å². The van der Waals surface area contributed by atoms with Gasteiger partial charge in [-0.2, -0.15) is 0 Å². The van der Waals surface area contributed by atoms with E-state index in [9.17, 15) is 0 Å². The van der Waals surface area contributed by atoms with Crippen molar-refractivity contribution in [3.63, 3.8) is 0 Å². The van der Waals surface area contributed by atoms with Gasteiger partial charge in [-0.25, -0.2) is 0 Å². The first-order valence-corrected chi connectivity index (χ1v) is 3.27. The third-order valence-corrected chi connectivity index (χ3v) is 1.95. The summed E-state index contributed by atoms with van der Waals surface area (Å²) in [6.45, 7) is 6.76. The van der Waals surface area contributed by atoms with Crippen molar-refractivity contribution in [2.24, 2.45) is 17.1 Å². The normalized spacial score (nSPS) is 37.5. The maximum Gasteiger partial charge on any atom is 0.00761 e. The zero-order valence-corrected chi connectivity index (χ0v) is 5.94. The summed E-state index contributed by atoms with van der Waals surface area (Å²) in [5, 5.41) is 0. The predicted molar refractivity (Wildman–Crippen MR) is 35.5 cm³/mol. The van der Waals surface area contributed by atoms with E-state index >= 15 is 0 Å². The van der Waals surface area contributed by atoms with Crippen molar-refractivity contribution in [1.29, 1.82) is 0 Å². The van der Waals surface area contributed by atoms with Gasteiger partial charge in [0.1, 0.15) is 0 Å². The second kappa shape index (κ2) is 1.47. The Hall–Kier alpha value is -0.0400. The Morgan fingerprint density at radius 1 is 1.38 bits per heavy atom. The minimum Gasteiger partial charge on any atom is -0.327 e. The molecule has 2 unspecified atom stereocenters. The fourth-order valence-electron chi connectivity index (χ4n) is 1.21. The summed E-state index contributed by atoms with van der Waals surface area (Å²) >= 11 is 0. The Balaban J connectivity index is 2.39. The topological polar surface area (TPSA) is 26.0 Å². The molecular formula is C7H15N. The highest BCUT2D eigenvalue weighted by molar-refractivity contribution is 4.97. The van der Waals surface area contributed by atoms with Crippen LogP contribution in [0.3, 0.4) is 0 Å². The smallest absolute Gasteiger partial charge is 0.00761 e. The van der Waals surface area contributed by atoms with Crippen LogP contribution in [0.5, 0.6) is 0 Å². The zero-order valence-electron chi connectivity index (χ0n) is 5.94. The van der Waals surface area contributed by atoms with Gasteiger partial charge in [0.05, 0.1) is 0 Å². The van der Waals surface area contributed by atoms with Crippen LogP contribution in [0.4, 0.5) is 0 Å². The highest BCUT2D eigenvalue weighted by Gasteiger charge is 2.42. The van der Waals surface area contributed by atoms with Crippen molar-refractivity contribution in [3.05, 3.63) is 0 Å². The quantitative estimate of drug-likeness (QED) is 0.504. The van der Waals surface area contributed by atoms with E-state index in [1.807, 2.05) is 0 Å². The van der Waals surface area contributed by atoms with Crippen molar-refractivity contribution in [3.8, 4) is 0 Å². The van der Waals surface area contributed by atoms with Crippen LogP contribution in [0.15, 0.2) is 0 Å². The van der Waals surface area contributed by atoms with Gasteiger partial charge in [0, 0.05) is 6.04 Å². The fraction of sp³-hybridized carbons (Fsp3) is 1.00. The average molecular weight is 113 g/mol.